The predicted octanol–water partition coefficient (Wildman–Crippen LogP) is 4.40. The molecule has 0 spiro atoms. The van der Waals surface area contributed by atoms with Crippen molar-refractivity contribution in [3.8, 4) is 5.75 Å². The highest BCUT2D eigenvalue weighted by Crippen LogP contribution is 2.37. The number of ether oxygens (including phenoxy) is 1. The molecular formula is C17H27NO. The highest BCUT2D eigenvalue weighted by molar-refractivity contribution is 5.40. The normalized spacial score (nSPS) is 18.6. The molecule has 2 rings (SSSR count). The van der Waals surface area contributed by atoms with E-state index in [1.807, 2.05) is 0 Å². The van der Waals surface area contributed by atoms with Crippen LogP contribution in [0.15, 0.2) is 18.2 Å². The SMILES string of the molecule is COc1ccc(C(C)C)cc1[C@H](N)C1CCCCC1. The van der Waals surface area contributed by atoms with Gasteiger partial charge in [0.2, 0.25) is 0 Å². The van der Waals surface area contributed by atoms with Crippen molar-refractivity contribution >= 4 is 0 Å². The summed E-state index contributed by atoms with van der Waals surface area (Å²) in [5, 5.41) is 0. The molecule has 1 atom stereocenters. The Morgan fingerprint density at radius 3 is 2.42 bits per heavy atom. The van der Waals surface area contributed by atoms with Crippen molar-refractivity contribution in [2.75, 3.05) is 7.11 Å². The minimum atomic E-state index is 0.119. The van der Waals surface area contributed by atoms with Crippen LogP contribution >= 0.6 is 0 Å². The fraction of sp³-hybridized carbons (Fsp3) is 0.647. The quantitative estimate of drug-likeness (QED) is 0.872. The monoisotopic (exact) mass is 261 g/mol. The van der Waals surface area contributed by atoms with E-state index in [0.717, 1.165) is 5.75 Å². The van der Waals surface area contributed by atoms with Crippen LogP contribution in [0.2, 0.25) is 0 Å². The van der Waals surface area contributed by atoms with Gasteiger partial charge >= 0.3 is 0 Å². The van der Waals surface area contributed by atoms with Gasteiger partial charge in [0.25, 0.3) is 0 Å². The van der Waals surface area contributed by atoms with Crippen molar-refractivity contribution in [2.24, 2.45) is 11.7 Å². The summed E-state index contributed by atoms with van der Waals surface area (Å²) >= 11 is 0. The molecule has 0 heterocycles. The van der Waals surface area contributed by atoms with Crippen LogP contribution < -0.4 is 10.5 Å². The summed E-state index contributed by atoms with van der Waals surface area (Å²) in [4.78, 5) is 0. The molecule has 1 aliphatic carbocycles. The van der Waals surface area contributed by atoms with Crippen LogP contribution in [0.5, 0.6) is 5.75 Å². The van der Waals surface area contributed by atoms with Crippen molar-refractivity contribution in [3.05, 3.63) is 29.3 Å². The zero-order valence-electron chi connectivity index (χ0n) is 12.5. The Kier molecular flexibility index (Phi) is 4.87. The number of methoxy groups -OCH3 is 1. The predicted molar refractivity (Wildman–Crippen MR) is 80.6 cm³/mol. The first-order valence-corrected chi connectivity index (χ1v) is 7.57. The van der Waals surface area contributed by atoms with Gasteiger partial charge in [-0.1, -0.05) is 45.2 Å². The molecule has 0 radical (unpaired) electrons. The number of benzene rings is 1. The van der Waals surface area contributed by atoms with E-state index in [0.29, 0.717) is 11.8 Å². The third-order valence-corrected chi connectivity index (χ3v) is 4.44. The topological polar surface area (TPSA) is 35.2 Å². The van der Waals surface area contributed by atoms with Crippen molar-refractivity contribution in [1.82, 2.24) is 0 Å². The van der Waals surface area contributed by atoms with Crippen molar-refractivity contribution in [1.29, 1.82) is 0 Å². The van der Waals surface area contributed by atoms with E-state index >= 15 is 0 Å². The van der Waals surface area contributed by atoms with E-state index in [1.165, 1.54) is 43.2 Å². The zero-order chi connectivity index (χ0) is 13.8. The average Bonchev–Trinajstić information content (AvgIpc) is 2.46. The molecule has 2 nitrogen and oxygen atoms in total. The minimum absolute atomic E-state index is 0.119. The molecule has 2 N–H and O–H groups in total. The maximum Gasteiger partial charge on any atom is 0.123 e. The molecule has 1 saturated carbocycles. The van der Waals surface area contributed by atoms with E-state index in [4.69, 9.17) is 10.5 Å². The van der Waals surface area contributed by atoms with Crippen LogP contribution in [0.25, 0.3) is 0 Å². The first-order valence-electron chi connectivity index (χ1n) is 7.57. The first kappa shape index (κ1) is 14.4. The standard InChI is InChI=1S/C17H27NO/c1-12(2)14-9-10-16(19-3)15(11-14)17(18)13-7-5-4-6-8-13/h9-13,17H,4-8,18H2,1-3H3/t17-/m1/s1. The molecule has 19 heavy (non-hydrogen) atoms. The molecule has 2 heteroatoms. The van der Waals surface area contributed by atoms with Crippen LogP contribution in [0.3, 0.4) is 0 Å². The van der Waals surface area contributed by atoms with Gasteiger partial charge in [0, 0.05) is 11.6 Å². The smallest absolute Gasteiger partial charge is 0.123 e. The molecule has 106 valence electrons. The Bertz CT molecular complexity index is 408. The van der Waals surface area contributed by atoms with Crippen LogP contribution in [0.1, 0.15) is 69.0 Å². The zero-order valence-corrected chi connectivity index (χ0v) is 12.5. The van der Waals surface area contributed by atoms with Gasteiger partial charge in [-0.05, 0) is 36.3 Å². The molecule has 1 aliphatic rings. The lowest BCUT2D eigenvalue weighted by Crippen LogP contribution is -2.24. The molecule has 0 unspecified atom stereocenters. The maximum absolute atomic E-state index is 6.54. The highest BCUT2D eigenvalue weighted by atomic mass is 16.5. The third kappa shape index (κ3) is 3.30. The molecule has 0 amide bonds. The Morgan fingerprint density at radius 2 is 1.84 bits per heavy atom. The van der Waals surface area contributed by atoms with Crippen LogP contribution in [0.4, 0.5) is 0 Å². The Labute approximate surface area is 117 Å². The number of rotatable bonds is 4. The van der Waals surface area contributed by atoms with Crippen LogP contribution in [-0.2, 0) is 0 Å². The molecule has 1 fully saturated rings. The second-order valence-corrected chi connectivity index (χ2v) is 6.08. The Morgan fingerprint density at radius 1 is 1.16 bits per heavy atom. The summed E-state index contributed by atoms with van der Waals surface area (Å²) < 4.78 is 5.51. The molecule has 1 aromatic carbocycles. The van der Waals surface area contributed by atoms with Gasteiger partial charge in [0.1, 0.15) is 5.75 Å². The summed E-state index contributed by atoms with van der Waals surface area (Å²) in [6, 6.07) is 6.60. The van der Waals surface area contributed by atoms with Gasteiger partial charge in [0.05, 0.1) is 7.11 Å². The number of nitrogens with two attached hydrogens (primary N) is 1. The average molecular weight is 261 g/mol. The van der Waals surface area contributed by atoms with Gasteiger partial charge in [0.15, 0.2) is 0 Å². The molecule has 1 aromatic rings. The molecular weight excluding hydrogens is 234 g/mol. The summed E-state index contributed by atoms with van der Waals surface area (Å²) in [7, 11) is 1.74. The van der Waals surface area contributed by atoms with Crippen molar-refractivity contribution in [2.45, 2.75) is 57.9 Å². The second kappa shape index (κ2) is 6.42. The van der Waals surface area contributed by atoms with Crippen molar-refractivity contribution in [3.63, 3.8) is 0 Å². The molecule has 0 bridgehead atoms. The summed E-state index contributed by atoms with van der Waals surface area (Å²) in [6.07, 6.45) is 6.54. The lowest BCUT2D eigenvalue weighted by molar-refractivity contribution is 0.301. The van der Waals surface area contributed by atoms with E-state index in [2.05, 4.69) is 32.0 Å². The summed E-state index contributed by atoms with van der Waals surface area (Å²) in [5.74, 6) is 2.09. The molecule has 0 aliphatic heterocycles. The summed E-state index contributed by atoms with van der Waals surface area (Å²) in [5.41, 5.74) is 9.08. The van der Waals surface area contributed by atoms with Crippen molar-refractivity contribution < 1.29 is 4.74 Å². The van der Waals surface area contributed by atoms with Gasteiger partial charge in [-0.15, -0.1) is 0 Å². The maximum atomic E-state index is 6.54. The van der Waals surface area contributed by atoms with Crippen LogP contribution in [0, 0.1) is 5.92 Å². The largest absolute Gasteiger partial charge is 0.496 e. The van der Waals surface area contributed by atoms with Gasteiger partial charge in [-0.3, -0.25) is 0 Å². The van der Waals surface area contributed by atoms with Gasteiger partial charge < -0.3 is 10.5 Å². The third-order valence-electron chi connectivity index (χ3n) is 4.44. The number of hydrogen-bond acceptors (Lipinski definition) is 2. The van der Waals surface area contributed by atoms with Gasteiger partial charge in [-0.25, -0.2) is 0 Å². The second-order valence-electron chi connectivity index (χ2n) is 6.08. The lowest BCUT2D eigenvalue weighted by Gasteiger charge is -2.29. The lowest BCUT2D eigenvalue weighted by atomic mass is 9.80. The van der Waals surface area contributed by atoms with E-state index in [9.17, 15) is 0 Å². The van der Waals surface area contributed by atoms with E-state index in [1.54, 1.807) is 7.11 Å². The summed E-state index contributed by atoms with van der Waals surface area (Å²) in [6.45, 7) is 4.44. The molecule has 0 aromatic heterocycles. The highest BCUT2D eigenvalue weighted by Gasteiger charge is 2.24. The fourth-order valence-corrected chi connectivity index (χ4v) is 3.12. The Balaban J connectivity index is 2.27. The van der Waals surface area contributed by atoms with Gasteiger partial charge in [-0.2, -0.15) is 0 Å². The van der Waals surface area contributed by atoms with Crippen LogP contribution in [-0.4, -0.2) is 7.11 Å². The Hall–Kier alpha value is -1.02. The molecule has 0 saturated heterocycles. The fourth-order valence-electron chi connectivity index (χ4n) is 3.12. The minimum Gasteiger partial charge on any atom is -0.496 e. The van der Waals surface area contributed by atoms with E-state index in [-0.39, 0.29) is 6.04 Å². The first-order chi connectivity index (χ1) is 9.13. The van der Waals surface area contributed by atoms with E-state index < -0.39 is 0 Å². The number of hydrogen-bond donors (Lipinski definition) is 1.